The summed E-state index contributed by atoms with van der Waals surface area (Å²) >= 11 is 0. The zero-order chi connectivity index (χ0) is 12.3. The lowest BCUT2D eigenvalue weighted by molar-refractivity contribution is -0.116. The lowest BCUT2D eigenvalue weighted by Gasteiger charge is -2.22. The summed E-state index contributed by atoms with van der Waals surface area (Å²) in [5.74, 6) is 0.408. The van der Waals surface area contributed by atoms with Gasteiger partial charge in [0, 0.05) is 7.05 Å². The van der Waals surface area contributed by atoms with Crippen LogP contribution in [0.1, 0.15) is 11.1 Å². The van der Waals surface area contributed by atoms with Crippen LogP contribution in [0.2, 0.25) is 0 Å². The number of hydrogen-bond acceptors (Lipinski definition) is 3. The Morgan fingerprint density at radius 1 is 1.44 bits per heavy atom. The van der Waals surface area contributed by atoms with E-state index >= 15 is 0 Å². The van der Waals surface area contributed by atoms with Gasteiger partial charge < -0.3 is 15.4 Å². The zero-order valence-electron chi connectivity index (χ0n) is 10.2. The zero-order valence-corrected chi connectivity index (χ0v) is 10.2. The second-order valence-corrected chi connectivity index (χ2v) is 3.96. The molecular weight excluding hydrogens is 204 g/mol. The Balaban J connectivity index is 3.15. The summed E-state index contributed by atoms with van der Waals surface area (Å²) in [4.78, 5) is 12.7. The van der Waals surface area contributed by atoms with E-state index in [1.54, 1.807) is 12.0 Å². The number of hydrogen-bond donors (Lipinski definition) is 1. The van der Waals surface area contributed by atoms with Gasteiger partial charge in [-0.1, -0.05) is 6.07 Å². The van der Waals surface area contributed by atoms with Crippen LogP contribution < -0.4 is 15.4 Å². The summed E-state index contributed by atoms with van der Waals surface area (Å²) < 4.78 is 5.32. The minimum Gasteiger partial charge on any atom is -0.495 e. The van der Waals surface area contributed by atoms with E-state index in [0.717, 1.165) is 22.6 Å². The smallest absolute Gasteiger partial charge is 0.236 e. The van der Waals surface area contributed by atoms with E-state index < -0.39 is 0 Å². The molecule has 0 heterocycles. The number of rotatable bonds is 4. The predicted octanol–water partition coefficient (Wildman–Crippen LogP) is 1.23. The number of carbonyl (C=O) groups is 1. The van der Waals surface area contributed by atoms with E-state index in [4.69, 9.17) is 10.5 Å². The van der Waals surface area contributed by atoms with Crippen LogP contribution in [0.15, 0.2) is 12.1 Å². The van der Waals surface area contributed by atoms with Crippen molar-refractivity contribution in [2.24, 2.45) is 5.73 Å². The van der Waals surface area contributed by atoms with E-state index in [1.165, 1.54) is 0 Å². The van der Waals surface area contributed by atoms with Crippen molar-refractivity contribution in [2.75, 3.05) is 25.6 Å². The number of ether oxygens (including phenoxy) is 1. The molecule has 0 aliphatic carbocycles. The summed E-state index contributed by atoms with van der Waals surface area (Å²) in [5, 5.41) is 0. The number of benzene rings is 1. The molecule has 1 aromatic rings. The van der Waals surface area contributed by atoms with Crippen LogP contribution in [0.5, 0.6) is 5.75 Å². The SMILES string of the molecule is COc1cc(C)cc(C)c1N(C)CC(N)=O. The monoisotopic (exact) mass is 222 g/mol. The fourth-order valence-electron chi connectivity index (χ4n) is 1.88. The quantitative estimate of drug-likeness (QED) is 0.833. The Kier molecular flexibility index (Phi) is 3.77. The highest BCUT2D eigenvalue weighted by Gasteiger charge is 2.13. The van der Waals surface area contributed by atoms with Gasteiger partial charge in [0.05, 0.1) is 19.3 Å². The van der Waals surface area contributed by atoms with Crippen molar-refractivity contribution in [2.45, 2.75) is 13.8 Å². The third-order valence-corrected chi connectivity index (χ3v) is 2.40. The number of carbonyl (C=O) groups excluding carboxylic acids is 1. The fraction of sp³-hybridized carbons (Fsp3) is 0.417. The van der Waals surface area contributed by atoms with Crippen LogP contribution in [-0.2, 0) is 4.79 Å². The molecule has 1 rings (SSSR count). The van der Waals surface area contributed by atoms with Crippen molar-refractivity contribution in [1.29, 1.82) is 0 Å². The normalized spacial score (nSPS) is 10.0. The number of aryl methyl sites for hydroxylation is 2. The molecule has 4 nitrogen and oxygen atoms in total. The third-order valence-electron chi connectivity index (χ3n) is 2.40. The number of nitrogens with zero attached hydrogens (tertiary/aromatic N) is 1. The Morgan fingerprint density at radius 2 is 2.06 bits per heavy atom. The van der Waals surface area contributed by atoms with Gasteiger partial charge in [-0.3, -0.25) is 4.79 Å². The van der Waals surface area contributed by atoms with Crippen LogP contribution in [0.4, 0.5) is 5.69 Å². The molecule has 0 unspecified atom stereocenters. The molecule has 0 radical (unpaired) electrons. The Hall–Kier alpha value is -1.71. The first-order chi connectivity index (χ1) is 7.45. The highest BCUT2D eigenvalue weighted by atomic mass is 16.5. The topological polar surface area (TPSA) is 55.6 Å². The van der Waals surface area contributed by atoms with Crippen LogP contribution in [0, 0.1) is 13.8 Å². The Bertz CT molecular complexity index is 402. The molecule has 2 N–H and O–H groups in total. The third kappa shape index (κ3) is 2.66. The van der Waals surface area contributed by atoms with Crippen molar-refractivity contribution in [3.63, 3.8) is 0 Å². The van der Waals surface area contributed by atoms with Crippen molar-refractivity contribution in [3.8, 4) is 5.75 Å². The molecule has 16 heavy (non-hydrogen) atoms. The number of anilines is 1. The second-order valence-electron chi connectivity index (χ2n) is 3.96. The molecule has 0 aromatic heterocycles. The fourth-order valence-corrected chi connectivity index (χ4v) is 1.88. The molecule has 0 aliphatic rings. The lowest BCUT2D eigenvalue weighted by Crippen LogP contribution is -2.31. The summed E-state index contributed by atoms with van der Waals surface area (Å²) in [6.45, 7) is 4.18. The van der Waals surface area contributed by atoms with Gasteiger partial charge in [-0.15, -0.1) is 0 Å². The van der Waals surface area contributed by atoms with Crippen LogP contribution >= 0.6 is 0 Å². The van der Waals surface area contributed by atoms with E-state index in [0.29, 0.717) is 0 Å². The highest BCUT2D eigenvalue weighted by Crippen LogP contribution is 2.32. The van der Waals surface area contributed by atoms with Gasteiger partial charge in [-0.25, -0.2) is 0 Å². The average molecular weight is 222 g/mol. The maximum Gasteiger partial charge on any atom is 0.236 e. The lowest BCUT2D eigenvalue weighted by atomic mass is 10.1. The summed E-state index contributed by atoms with van der Waals surface area (Å²) in [6.07, 6.45) is 0. The van der Waals surface area contributed by atoms with Crippen LogP contribution in [0.3, 0.4) is 0 Å². The summed E-state index contributed by atoms with van der Waals surface area (Å²) in [7, 11) is 3.45. The highest BCUT2D eigenvalue weighted by molar-refractivity contribution is 5.81. The minimum atomic E-state index is -0.357. The van der Waals surface area contributed by atoms with Crippen molar-refractivity contribution in [1.82, 2.24) is 0 Å². The number of amides is 1. The van der Waals surface area contributed by atoms with E-state index in [9.17, 15) is 4.79 Å². The number of likely N-dealkylation sites (N-methyl/N-ethyl adjacent to an activating group) is 1. The predicted molar refractivity (Wildman–Crippen MR) is 64.9 cm³/mol. The first-order valence-electron chi connectivity index (χ1n) is 5.10. The molecule has 0 atom stereocenters. The van der Waals surface area contributed by atoms with Crippen molar-refractivity contribution in [3.05, 3.63) is 23.3 Å². The van der Waals surface area contributed by atoms with Gasteiger partial charge in [0.2, 0.25) is 5.91 Å². The number of methoxy groups -OCH3 is 1. The summed E-state index contributed by atoms with van der Waals surface area (Å²) in [5.41, 5.74) is 8.29. The molecule has 1 aromatic carbocycles. The maximum atomic E-state index is 10.9. The molecule has 0 aliphatic heterocycles. The first kappa shape index (κ1) is 12.4. The Morgan fingerprint density at radius 3 is 2.56 bits per heavy atom. The molecule has 0 spiro atoms. The van der Waals surface area contributed by atoms with E-state index in [2.05, 4.69) is 6.07 Å². The molecule has 0 bridgehead atoms. The Labute approximate surface area is 96.0 Å². The van der Waals surface area contributed by atoms with Gasteiger partial charge in [-0.05, 0) is 31.0 Å². The molecule has 0 fully saturated rings. The van der Waals surface area contributed by atoms with Gasteiger partial charge in [0.15, 0.2) is 0 Å². The van der Waals surface area contributed by atoms with Crippen LogP contribution in [-0.4, -0.2) is 26.6 Å². The molecule has 4 heteroatoms. The second kappa shape index (κ2) is 4.88. The molecule has 88 valence electrons. The standard InChI is InChI=1S/C12H18N2O2/c1-8-5-9(2)12(10(6-8)16-4)14(3)7-11(13)15/h5-6H,7H2,1-4H3,(H2,13,15). The van der Waals surface area contributed by atoms with Gasteiger partial charge in [-0.2, -0.15) is 0 Å². The van der Waals surface area contributed by atoms with E-state index in [-0.39, 0.29) is 12.5 Å². The number of nitrogens with two attached hydrogens (primary N) is 1. The van der Waals surface area contributed by atoms with Crippen LogP contribution in [0.25, 0.3) is 0 Å². The molecular formula is C12H18N2O2. The molecule has 1 amide bonds. The van der Waals surface area contributed by atoms with Gasteiger partial charge in [0.25, 0.3) is 0 Å². The minimum absolute atomic E-state index is 0.181. The first-order valence-corrected chi connectivity index (χ1v) is 5.10. The molecule has 0 saturated heterocycles. The maximum absolute atomic E-state index is 10.9. The largest absolute Gasteiger partial charge is 0.495 e. The van der Waals surface area contributed by atoms with Gasteiger partial charge >= 0.3 is 0 Å². The number of primary amides is 1. The van der Waals surface area contributed by atoms with Crippen molar-refractivity contribution >= 4 is 11.6 Å². The average Bonchev–Trinajstić information content (AvgIpc) is 2.14. The van der Waals surface area contributed by atoms with E-state index in [1.807, 2.05) is 27.0 Å². The summed E-state index contributed by atoms with van der Waals surface area (Å²) in [6, 6.07) is 4.00. The van der Waals surface area contributed by atoms with Crippen molar-refractivity contribution < 1.29 is 9.53 Å². The molecule has 0 saturated carbocycles. The van der Waals surface area contributed by atoms with Gasteiger partial charge in [0.1, 0.15) is 5.75 Å².